The third kappa shape index (κ3) is 3.54. The SMILES string of the molecule is Cc1cc(NC(=O)CN2CCCC(CO)C2)no1. The average molecular weight is 253 g/mol. The van der Waals surface area contributed by atoms with Crippen molar-refractivity contribution in [1.29, 1.82) is 0 Å². The fourth-order valence-electron chi connectivity index (χ4n) is 2.25. The Labute approximate surface area is 106 Å². The number of amides is 1. The molecule has 1 atom stereocenters. The molecule has 1 saturated heterocycles. The van der Waals surface area contributed by atoms with E-state index >= 15 is 0 Å². The first-order chi connectivity index (χ1) is 8.67. The Bertz CT molecular complexity index is 405. The van der Waals surface area contributed by atoms with Gasteiger partial charge in [-0.3, -0.25) is 9.69 Å². The molecule has 0 spiro atoms. The molecule has 6 nitrogen and oxygen atoms in total. The van der Waals surface area contributed by atoms with Crippen molar-refractivity contribution in [3.8, 4) is 0 Å². The van der Waals surface area contributed by atoms with Gasteiger partial charge in [-0.2, -0.15) is 0 Å². The van der Waals surface area contributed by atoms with E-state index in [-0.39, 0.29) is 12.5 Å². The van der Waals surface area contributed by atoms with Crippen LogP contribution in [0.3, 0.4) is 0 Å². The van der Waals surface area contributed by atoms with Gasteiger partial charge in [0.05, 0.1) is 6.54 Å². The number of nitrogens with one attached hydrogen (secondary N) is 1. The molecule has 1 aromatic rings. The highest BCUT2D eigenvalue weighted by Gasteiger charge is 2.21. The number of aliphatic hydroxyl groups is 1. The van der Waals surface area contributed by atoms with Crippen LogP contribution in [0.4, 0.5) is 5.82 Å². The highest BCUT2D eigenvalue weighted by atomic mass is 16.5. The maximum Gasteiger partial charge on any atom is 0.239 e. The Morgan fingerprint density at radius 3 is 3.22 bits per heavy atom. The quantitative estimate of drug-likeness (QED) is 0.822. The maximum atomic E-state index is 11.8. The van der Waals surface area contributed by atoms with Crippen molar-refractivity contribution < 1.29 is 14.4 Å². The molecule has 0 radical (unpaired) electrons. The van der Waals surface area contributed by atoms with Gasteiger partial charge in [-0.15, -0.1) is 0 Å². The molecular weight excluding hydrogens is 234 g/mol. The number of aliphatic hydroxyl groups excluding tert-OH is 1. The van der Waals surface area contributed by atoms with Crippen LogP contribution >= 0.6 is 0 Å². The van der Waals surface area contributed by atoms with Gasteiger partial charge in [-0.1, -0.05) is 5.16 Å². The van der Waals surface area contributed by atoms with Crippen molar-refractivity contribution in [2.45, 2.75) is 19.8 Å². The summed E-state index contributed by atoms with van der Waals surface area (Å²) < 4.78 is 4.88. The second kappa shape index (κ2) is 5.97. The third-order valence-corrected chi connectivity index (χ3v) is 3.12. The molecule has 2 heterocycles. The molecule has 0 saturated carbocycles. The molecule has 0 aliphatic carbocycles. The van der Waals surface area contributed by atoms with Gasteiger partial charge in [-0.05, 0) is 32.2 Å². The fraction of sp³-hybridized carbons (Fsp3) is 0.667. The van der Waals surface area contributed by atoms with Gasteiger partial charge in [0.25, 0.3) is 0 Å². The molecule has 1 aliphatic heterocycles. The lowest BCUT2D eigenvalue weighted by atomic mass is 9.99. The second-order valence-electron chi connectivity index (χ2n) is 4.80. The molecule has 1 amide bonds. The van der Waals surface area contributed by atoms with E-state index < -0.39 is 0 Å². The van der Waals surface area contributed by atoms with Gasteiger partial charge < -0.3 is 14.9 Å². The largest absolute Gasteiger partial charge is 0.396 e. The molecule has 2 rings (SSSR count). The number of hydrogen-bond donors (Lipinski definition) is 2. The van der Waals surface area contributed by atoms with E-state index in [0.717, 1.165) is 25.9 Å². The van der Waals surface area contributed by atoms with E-state index in [1.54, 1.807) is 13.0 Å². The molecule has 18 heavy (non-hydrogen) atoms. The van der Waals surface area contributed by atoms with Crippen molar-refractivity contribution in [1.82, 2.24) is 10.1 Å². The molecule has 6 heteroatoms. The van der Waals surface area contributed by atoms with E-state index in [9.17, 15) is 4.79 Å². The first kappa shape index (κ1) is 13.0. The maximum absolute atomic E-state index is 11.8. The number of hydrogen-bond acceptors (Lipinski definition) is 5. The van der Waals surface area contributed by atoms with Crippen LogP contribution in [-0.4, -0.2) is 47.3 Å². The van der Waals surface area contributed by atoms with E-state index in [1.165, 1.54) is 0 Å². The highest BCUT2D eigenvalue weighted by Crippen LogP contribution is 2.15. The standard InChI is InChI=1S/C12H19N3O3/c1-9-5-11(14-18-9)13-12(17)7-15-4-2-3-10(6-15)8-16/h5,10,16H,2-4,6-8H2,1H3,(H,13,14,17). The number of nitrogens with zero attached hydrogens (tertiary/aromatic N) is 2. The van der Waals surface area contributed by atoms with Crippen molar-refractivity contribution in [2.75, 3.05) is 31.6 Å². The number of piperidine rings is 1. The number of aromatic nitrogens is 1. The fourth-order valence-corrected chi connectivity index (χ4v) is 2.25. The number of anilines is 1. The second-order valence-corrected chi connectivity index (χ2v) is 4.80. The number of rotatable bonds is 4. The number of carbonyl (C=O) groups is 1. The van der Waals surface area contributed by atoms with Crippen molar-refractivity contribution >= 4 is 11.7 Å². The Hall–Kier alpha value is -1.40. The molecule has 0 aromatic carbocycles. The highest BCUT2D eigenvalue weighted by molar-refractivity contribution is 5.91. The molecule has 1 fully saturated rings. The van der Waals surface area contributed by atoms with Crippen molar-refractivity contribution in [3.05, 3.63) is 11.8 Å². The van der Waals surface area contributed by atoms with Crippen LogP contribution in [0.15, 0.2) is 10.6 Å². The van der Waals surface area contributed by atoms with Crippen LogP contribution in [0.25, 0.3) is 0 Å². The van der Waals surface area contributed by atoms with Gasteiger partial charge in [0.2, 0.25) is 5.91 Å². The zero-order valence-corrected chi connectivity index (χ0v) is 10.6. The van der Waals surface area contributed by atoms with E-state index in [4.69, 9.17) is 9.63 Å². The smallest absolute Gasteiger partial charge is 0.239 e. The van der Waals surface area contributed by atoms with E-state index in [1.807, 2.05) is 0 Å². The summed E-state index contributed by atoms with van der Waals surface area (Å²) in [5.74, 6) is 1.32. The number of aryl methyl sites for hydroxylation is 1. The summed E-state index contributed by atoms with van der Waals surface area (Å²) in [6.07, 6.45) is 2.07. The van der Waals surface area contributed by atoms with Gasteiger partial charge in [-0.25, -0.2) is 0 Å². The summed E-state index contributed by atoms with van der Waals surface area (Å²) >= 11 is 0. The minimum absolute atomic E-state index is 0.0955. The lowest BCUT2D eigenvalue weighted by Gasteiger charge is -2.30. The Balaban J connectivity index is 1.80. The Morgan fingerprint density at radius 2 is 2.56 bits per heavy atom. The normalized spacial score (nSPS) is 20.9. The number of likely N-dealkylation sites (tertiary alicyclic amines) is 1. The molecular formula is C12H19N3O3. The average Bonchev–Trinajstić information content (AvgIpc) is 2.74. The predicted octanol–water partition coefficient (Wildman–Crippen LogP) is 0.626. The molecule has 1 unspecified atom stereocenters. The molecule has 100 valence electrons. The lowest BCUT2D eigenvalue weighted by molar-refractivity contribution is -0.117. The first-order valence-electron chi connectivity index (χ1n) is 6.23. The minimum Gasteiger partial charge on any atom is -0.396 e. The zero-order chi connectivity index (χ0) is 13.0. The zero-order valence-electron chi connectivity index (χ0n) is 10.6. The van der Waals surface area contributed by atoms with Crippen LogP contribution in [-0.2, 0) is 4.79 Å². The summed E-state index contributed by atoms with van der Waals surface area (Å²) in [6, 6.07) is 1.69. The van der Waals surface area contributed by atoms with Gasteiger partial charge in [0, 0.05) is 19.2 Å². The summed E-state index contributed by atoms with van der Waals surface area (Å²) in [5.41, 5.74) is 0. The summed E-state index contributed by atoms with van der Waals surface area (Å²) in [7, 11) is 0. The minimum atomic E-state index is -0.0955. The predicted molar refractivity (Wildman–Crippen MR) is 66.1 cm³/mol. The van der Waals surface area contributed by atoms with Crippen LogP contribution < -0.4 is 5.32 Å². The van der Waals surface area contributed by atoms with Crippen LogP contribution in [0.5, 0.6) is 0 Å². The monoisotopic (exact) mass is 253 g/mol. The third-order valence-electron chi connectivity index (χ3n) is 3.12. The lowest BCUT2D eigenvalue weighted by Crippen LogP contribution is -2.41. The summed E-state index contributed by atoms with van der Waals surface area (Å²) in [6.45, 7) is 3.99. The first-order valence-corrected chi connectivity index (χ1v) is 6.23. The van der Waals surface area contributed by atoms with Crippen LogP contribution in [0, 0.1) is 12.8 Å². The van der Waals surface area contributed by atoms with Crippen LogP contribution in [0.2, 0.25) is 0 Å². The molecule has 0 bridgehead atoms. The summed E-state index contributed by atoms with van der Waals surface area (Å²) in [4.78, 5) is 13.9. The van der Waals surface area contributed by atoms with Gasteiger partial charge >= 0.3 is 0 Å². The van der Waals surface area contributed by atoms with E-state index in [0.29, 0.717) is 24.0 Å². The van der Waals surface area contributed by atoms with E-state index in [2.05, 4.69) is 15.4 Å². The Kier molecular flexibility index (Phi) is 4.33. The van der Waals surface area contributed by atoms with Crippen LogP contribution in [0.1, 0.15) is 18.6 Å². The summed E-state index contributed by atoms with van der Waals surface area (Å²) in [5, 5.41) is 15.5. The van der Waals surface area contributed by atoms with Gasteiger partial charge in [0.1, 0.15) is 5.76 Å². The Morgan fingerprint density at radius 1 is 1.72 bits per heavy atom. The van der Waals surface area contributed by atoms with Crippen molar-refractivity contribution in [3.63, 3.8) is 0 Å². The van der Waals surface area contributed by atoms with Gasteiger partial charge in [0.15, 0.2) is 5.82 Å². The molecule has 1 aliphatic rings. The van der Waals surface area contributed by atoms with Crippen molar-refractivity contribution in [2.24, 2.45) is 5.92 Å². The number of carbonyl (C=O) groups excluding carboxylic acids is 1. The molecule has 1 aromatic heterocycles. The topological polar surface area (TPSA) is 78.6 Å². The molecule has 2 N–H and O–H groups in total.